The highest BCUT2D eigenvalue weighted by Gasteiger charge is 2.04. The number of nitrogens with two attached hydrogens (primary N) is 1. The van der Waals surface area contributed by atoms with E-state index >= 15 is 0 Å². The molecule has 10 heavy (non-hydrogen) atoms. The van der Waals surface area contributed by atoms with Gasteiger partial charge in [-0.25, -0.2) is 0 Å². The van der Waals surface area contributed by atoms with E-state index in [1.165, 1.54) is 0 Å². The van der Waals surface area contributed by atoms with Crippen LogP contribution >= 0.6 is 0 Å². The fourth-order valence-electron chi connectivity index (χ4n) is 0. The Kier molecular flexibility index (Phi) is 5.18. The average Bonchev–Trinajstić information content (AvgIpc) is 1.63. The van der Waals surface area contributed by atoms with Crippen LogP contribution < -0.4 is 5.73 Å². The maximum Gasteiger partial charge on any atom is 0.291 e. The van der Waals surface area contributed by atoms with E-state index in [4.69, 9.17) is 26.3 Å². The zero-order valence-electron chi connectivity index (χ0n) is 5.74. The van der Waals surface area contributed by atoms with Crippen LogP contribution in [0.3, 0.4) is 0 Å². The van der Waals surface area contributed by atoms with E-state index in [0.717, 1.165) is 0 Å². The molecule has 0 unspecified atom stereocenters. The van der Waals surface area contributed by atoms with Gasteiger partial charge in [0.05, 0.1) is 11.6 Å². The van der Waals surface area contributed by atoms with Crippen molar-refractivity contribution in [1.82, 2.24) is 0 Å². The second-order valence-electron chi connectivity index (χ2n) is 2.07. The molecule has 0 aromatic heterocycles. The van der Waals surface area contributed by atoms with Gasteiger partial charge in [-0.2, -0.15) is 5.26 Å². The Morgan fingerprint density at radius 2 is 1.90 bits per heavy atom. The Morgan fingerprint density at radius 1 is 1.80 bits per heavy atom. The van der Waals surface area contributed by atoms with E-state index in [0.29, 0.717) is 0 Å². The van der Waals surface area contributed by atoms with Gasteiger partial charge in [0.15, 0.2) is 0 Å². The summed E-state index contributed by atoms with van der Waals surface area (Å²) < 4.78 is 0. The molecule has 0 aliphatic heterocycles. The summed E-state index contributed by atoms with van der Waals surface area (Å²) in [6, 6.07) is 1.88. The van der Waals surface area contributed by atoms with Crippen LogP contribution in [0.25, 0.3) is 0 Å². The van der Waals surface area contributed by atoms with Crippen LogP contribution in [0, 0.1) is 21.4 Å². The maximum absolute atomic E-state index is 8.36. The van der Waals surface area contributed by atoms with Gasteiger partial charge in [0.2, 0.25) is 0 Å². The van der Waals surface area contributed by atoms with Gasteiger partial charge >= 0.3 is 0 Å². The van der Waals surface area contributed by atoms with Crippen molar-refractivity contribution in [1.29, 1.82) is 5.26 Å². The number of hydrogen-bond acceptors (Lipinski definition) is 4. The lowest BCUT2D eigenvalue weighted by Crippen LogP contribution is -2.28. The van der Waals surface area contributed by atoms with Crippen LogP contribution in [-0.2, 0) is 0 Å². The first-order valence-corrected chi connectivity index (χ1v) is 2.33. The highest BCUT2D eigenvalue weighted by atomic mass is 16.9. The molecule has 0 aliphatic carbocycles. The van der Waals surface area contributed by atoms with Crippen LogP contribution in [0.4, 0.5) is 0 Å². The second-order valence-corrected chi connectivity index (χ2v) is 2.07. The first-order chi connectivity index (χ1) is 4.29. The molecule has 0 heterocycles. The van der Waals surface area contributed by atoms with Crippen LogP contribution in [0.1, 0.15) is 13.8 Å². The van der Waals surface area contributed by atoms with Crippen molar-refractivity contribution in [3.8, 4) is 6.07 Å². The van der Waals surface area contributed by atoms with Gasteiger partial charge in [0.1, 0.15) is 0 Å². The molecule has 0 aromatic carbocycles. The van der Waals surface area contributed by atoms with E-state index in [2.05, 4.69) is 0 Å². The van der Waals surface area contributed by atoms with Gasteiger partial charge in [-0.1, -0.05) is 0 Å². The molecule has 0 saturated heterocycles. The minimum Gasteiger partial charge on any atom is -0.328 e. The Labute approximate surface area is 58.0 Å². The van der Waals surface area contributed by atoms with E-state index in [9.17, 15) is 0 Å². The average molecular weight is 147 g/mol. The Balaban J connectivity index is 0. The molecule has 0 aromatic rings. The quantitative estimate of drug-likeness (QED) is 0.367. The topological polar surface area (TPSA) is 113 Å². The van der Waals surface area contributed by atoms with Gasteiger partial charge in [-0.15, -0.1) is 10.1 Å². The summed E-state index contributed by atoms with van der Waals surface area (Å²) in [6.07, 6.45) is 0. The number of nitriles is 1. The first kappa shape index (κ1) is 11.4. The largest absolute Gasteiger partial charge is 0.328 e. The molecular weight excluding hydrogens is 138 g/mol. The highest BCUT2D eigenvalue weighted by molar-refractivity contribution is 4.96. The van der Waals surface area contributed by atoms with E-state index in [1.54, 1.807) is 13.8 Å². The van der Waals surface area contributed by atoms with Crippen molar-refractivity contribution < 1.29 is 10.3 Å². The third-order valence-corrected chi connectivity index (χ3v) is 0.288. The molecule has 58 valence electrons. The molecule has 0 amide bonds. The molecule has 0 spiro atoms. The summed E-state index contributed by atoms with van der Waals surface area (Å²) in [6.45, 7) is 3.32. The molecule has 0 atom stereocenters. The normalized spacial score (nSPS) is 8.60. The lowest BCUT2D eigenvalue weighted by molar-refractivity contribution is -0.742. The monoisotopic (exact) mass is 147 g/mol. The zero-order chi connectivity index (χ0) is 8.78. The van der Waals surface area contributed by atoms with Crippen LogP contribution in [0.15, 0.2) is 0 Å². The molecule has 6 nitrogen and oxygen atoms in total. The maximum atomic E-state index is 8.36. The lowest BCUT2D eigenvalue weighted by atomic mass is 10.1. The van der Waals surface area contributed by atoms with Crippen molar-refractivity contribution in [2.45, 2.75) is 19.4 Å². The number of nitrogens with zero attached hydrogens (tertiary/aromatic N) is 2. The van der Waals surface area contributed by atoms with Crippen molar-refractivity contribution in [3.05, 3.63) is 10.1 Å². The predicted octanol–water partition coefficient (Wildman–Crippen LogP) is -0.100. The predicted molar refractivity (Wildman–Crippen MR) is 32.7 cm³/mol. The van der Waals surface area contributed by atoms with E-state index < -0.39 is 10.6 Å². The van der Waals surface area contributed by atoms with Crippen molar-refractivity contribution in [2.75, 3.05) is 0 Å². The van der Waals surface area contributed by atoms with Gasteiger partial charge in [-0.05, 0) is 13.8 Å². The SMILES string of the molecule is CC(C)(N)C#N.O=[N+]([O-])O. The molecular formula is C4H9N3O3. The molecule has 0 fully saturated rings. The van der Waals surface area contributed by atoms with Crippen molar-refractivity contribution in [3.63, 3.8) is 0 Å². The van der Waals surface area contributed by atoms with Gasteiger partial charge in [0, 0.05) is 0 Å². The first-order valence-electron chi connectivity index (χ1n) is 2.33. The van der Waals surface area contributed by atoms with Crippen LogP contribution in [0.2, 0.25) is 0 Å². The summed E-state index contributed by atoms with van der Waals surface area (Å²) in [5.74, 6) is 0. The third kappa shape index (κ3) is 78.0. The molecule has 6 heteroatoms. The van der Waals surface area contributed by atoms with Crippen molar-refractivity contribution in [2.24, 2.45) is 5.73 Å². The number of rotatable bonds is 0. The fraction of sp³-hybridized carbons (Fsp3) is 0.750. The zero-order valence-corrected chi connectivity index (χ0v) is 5.74. The molecule has 0 radical (unpaired) electrons. The summed E-state index contributed by atoms with van der Waals surface area (Å²) in [4.78, 5) is 8.36. The lowest BCUT2D eigenvalue weighted by Gasteiger charge is -2.02. The summed E-state index contributed by atoms with van der Waals surface area (Å²) in [7, 11) is 0. The third-order valence-electron chi connectivity index (χ3n) is 0.288. The van der Waals surface area contributed by atoms with Gasteiger partial charge in [0.25, 0.3) is 5.09 Å². The summed E-state index contributed by atoms with van der Waals surface area (Å²) in [5, 5.41) is 21.7. The minimum absolute atomic E-state index is 0.653. The summed E-state index contributed by atoms with van der Waals surface area (Å²) in [5.41, 5.74) is 4.52. The minimum atomic E-state index is -1.50. The Bertz CT molecular complexity index is 139. The highest BCUT2D eigenvalue weighted by Crippen LogP contribution is 1.88. The smallest absolute Gasteiger partial charge is 0.291 e. The fourth-order valence-corrected chi connectivity index (χ4v) is 0. The second kappa shape index (κ2) is 4.52. The molecule has 0 rings (SSSR count). The van der Waals surface area contributed by atoms with Gasteiger partial charge in [-0.3, -0.25) is 0 Å². The van der Waals surface area contributed by atoms with Crippen LogP contribution in [-0.4, -0.2) is 15.8 Å². The number of hydrogen-bond donors (Lipinski definition) is 2. The standard InChI is InChI=1S/C4H8N2.HNO3/c1-4(2,6)3-5;2-1(3)4/h6H2,1-2H3;(H,2,3,4). The molecule has 0 aliphatic rings. The van der Waals surface area contributed by atoms with Gasteiger partial charge < -0.3 is 10.9 Å². The molecule has 3 N–H and O–H groups in total. The molecule has 0 bridgehead atoms. The summed E-state index contributed by atoms with van der Waals surface area (Å²) >= 11 is 0. The van der Waals surface area contributed by atoms with E-state index in [1.807, 2.05) is 6.07 Å². The van der Waals surface area contributed by atoms with Crippen LogP contribution in [0.5, 0.6) is 0 Å². The van der Waals surface area contributed by atoms with E-state index in [-0.39, 0.29) is 0 Å². The van der Waals surface area contributed by atoms with Crippen molar-refractivity contribution >= 4 is 0 Å². The molecule has 0 saturated carbocycles. The Morgan fingerprint density at radius 3 is 1.90 bits per heavy atom. The Hall–Kier alpha value is -1.35.